The van der Waals surface area contributed by atoms with Crippen LogP contribution in [0.25, 0.3) is 0 Å². The van der Waals surface area contributed by atoms with Crippen molar-refractivity contribution < 1.29 is 40.5 Å². The molecule has 1 fully saturated rings. The molecule has 43 heavy (non-hydrogen) atoms. The fourth-order valence-electron chi connectivity index (χ4n) is 6.49. The van der Waals surface area contributed by atoms with Gasteiger partial charge in [-0.2, -0.15) is 0 Å². The van der Waals surface area contributed by atoms with E-state index >= 15 is 0 Å². The second-order valence-corrected chi connectivity index (χ2v) is 14.4. The number of phenolic OH excluding ortho intramolecular Hbond substituents is 1. The summed E-state index contributed by atoms with van der Waals surface area (Å²) in [5.74, 6) is 4.04. The van der Waals surface area contributed by atoms with Gasteiger partial charge < -0.3 is 40.5 Å². The highest BCUT2D eigenvalue weighted by Crippen LogP contribution is 2.44. The fourth-order valence-corrected chi connectivity index (χ4v) is 6.49. The molecule has 1 aromatic rings. The molecule has 0 spiro atoms. The first-order valence-electron chi connectivity index (χ1n) is 16.6. The number of benzene rings is 1. The highest BCUT2D eigenvalue weighted by molar-refractivity contribution is 5.58. The maximum atomic E-state index is 10.4. The van der Waals surface area contributed by atoms with E-state index in [9.17, 15) is 5.11 Å². The Hall–Kier alpha value is -1.42. The molecule has 1 aliphatic heterocycles. The van der Waals surface area contributed by atoms with Gasteiger partial charge in [-0.05, 0) is 87.8 Å². The summed E-state index contributed by atoms with van der Waals surface area (Å²) in [5, 5.41) is 64.2. The lowest BCUT2D eigenvalue weighted by Crippen LogP contribution is -2.63. The van der Waals surface area contributed by atoms with E-state index in [1.165, 1.54) is 56.9 Å². The average Bonchev–Trinajstić information content (AvgIpc) is 2.96. The third-order valence-corrected chi connectivity index (χ3v) is 9.97. The Morgan fingerprint density at radius 3 is 1.51 bits per heavy atom. The van der Waals surface area contributed by atoms with Crippen LogP contribution in [0, 0.1) is 38.5 Å². The van der Waals surface area contributed by atoms with E-state index < -0.39 is 36.6 Å². The number of hydrogen-bond acceptors (Lipinski definition) is 8. The zero-order valence-corrected chi connectivity index (χ0v) is 28.0. The molecular weight excluding hydrogens is 548 g/mol. The Morgan fingerprint density at radius 2 is 1.07 bits per heavy atom. The molecule has 0 saturated heterocycles. The molecule has 8 nitrogen and oxygen atoms in total. The summed E-state index contributed by atoms with van der Waals surface area (Å²) >= 11 is 0. The van der Waals surface area contributed by atoms with Crippen LogP contribution >= 0.6 is 0 Å². The first kappa shape index (κ1) is 37.8. The summed E-state index contributed by atoms with van der Waals surface area (Å²) in [5.41, 5.74) is 4.23. The molecule has 1 saturated carbocycles. The molecule has 0 radical (unpaired) electrons. The van der Waals surface area contributed by atoms with Gasteiger partial charge in [-0.25, -0.2) is 0 Å². The molecular formula is C35H62O8. The standard InChI is InChI=1S/C29H50O2.C6H12O6/c1-20(2)12-9-13-21(3)14-10-15-22(4)16-11-18-29(8)19-17-26-25(7)27(30)23(5)24(6)28(26)31-29;7-1-2(8)4(10)6(12)5(11)3(1)9/h20-22,30H,9-19H2,1-8H3;1-12H/t21-,22-,29-;1-,2-,3-,4+,5-,6-/m1./s1. The van der Waals surface area contributed by atoms with Crippen molar-refractivity contribution in [3.8, 4) is 11.5 Å². The second-order valence-electron chi connectivity index (χ2n) is 14.4. The van der Waals surface area contributed by atoms with Crippen LogP contribution in [0.3, 0.4) is 0 Å². The van der Waals surface area contributed by atoms with Crippen molar-refractivity contribution >= 4 is 0 Å². The highest BCUT2D eigenvalue weighted by Gasteiger charge is 2.47. The number of aromatic hydroxyl groups is 1. The Morgan fingerprint density at radius 1 is 0.651 bits per heavy atom. The monoisotopic (exact) mass is 610 g/mol. The predicted molar refractivity (Wildman–Crippen MR) is 170 cm³/mol. The Kier molecular flexibility index (Phi) is 14.7. The van der Waals surface area contributed by atoms with Gasteiger partial charge in [-0.1, -0.05) is 72.6 Å². The Labute approximate surface area is 260 Å². The zero-order chi connectivity index (χ0) is 32.6. The number of ether oxygens (including phenoxy) is 1. The Balaban J connectivity index is 0.000000448. The van der Waals surface area contributed by atoms with Crippen LogP contribution in [-0.2, 0) is 6.42 Å². The number of fused-ring (bicyclic) bond motifs is 1. The summed E-state index contributed by atoms with van der Waals surface area (Å²) in [6.45, 7) is 17.9. The normalized spacial score (nSPS) is 30.2. The lowest BCUT2D eigenvalue weighted by molar-refractivity contribution is -0.223. The number of aliphatic hydroxyl groups excluding tert-OH is 6. The third-order valence-electron chi connectivity index (χ3n) is 9.97. The second kappa shape index (κ2) is 16.8. The van der Waals surface area contributed by atoms with Crippen LogP contribution < -0.4 is 4.74 Å². The summed E-state index contributed by atoms with van der Waals surface area (Å²) < 4.78 is 6.60. The molecule has 7 N–H and O–H groups in total. The predicted octanol–water partition coefficient (Wildman–Crippen LogP) is 5.01. The van der Waals surface area contributed by atoms with Gasteiger partial charge in [0.05, 0.1) is 0 Å². The van der Waals surface area contributed by atoms with Crippen LogP contribution in [0.2, 0.25) is 0 Å². The quantitative estimate of drug-likeness (QED) is 0.175. The summed E-state index contributed by atoms with van der Waals surface area (Å²) in [6.07, 6.45) is 4.21. The number of hydrogen-bond donors (Lipinski definition) is 7. The molecule has 1 heterocycles. The summed E-state index contributed by atoms with van der Waals surface area (Å²) in [7, 11) is 0. The molecule has 0 aromatic heterocycles. The maximum Gasteiger partial charge on any atom is 0.127 e. The molecule has 8 heteroatoms. The van der Waals surface area contributed by atoms with E-state index in [0.29, 0.717) is 5.75 Å². The molecule has 0 bridgehead atoms. The largest absolute Gasteiger partial charge is 0.507 e. The summed E-state index contributed by atoms with van der Waals surface area (Å²) in [6, 6.07) is 0. The van der Waals surface area contributed by atoms with Crippen molar-refractivity contribution in [1.82, 2.24) is 0 Å². The van der Waals surface area contributed by atoms with Crippen molar-refractivity contribution in [1.29, 1.82) is 0 Å². The van der Waals surface area contributed by atoms with Gasteiger partial charge in [0.1, 0.15) is 53.7 Å². The van der Waals surface area contributed by atoms with E-state index in [1.807, 2.05) is 13.8 Å². The van der Waals surface area contributed by atoms with Gasteiger partial charge in [0.15, 0.2) is 0 Å². The first-order chi connectivity index (χ1) is 20.0. The molecule has 250 valence electrons. The van der Waals surface area contributed by atoms with Crippen LogP contribution in [0.5, 0.6) is 11.5 Å². The fraction of sp³-hybridized carbons (Fsp3) is 0.829. The van der Waals surface area contributed by atoms with E-state index in [0.717, 1.165) is 59.5 Å². The number of phenols is 1. The molecule has 1 aliphatic carbocycles. The van der Waals surface area contributed by atoms with Crippen molar-refractivity contribution in [2.45, 2.75) is 168 Å². The molecule has 3 atom stereocenters. The summed E-state index contributed by atoms with van der Waals surface area (Å²) in [4.78, 5) is 0. The lowest BCUT2D eigenvalue weighted by atomic mass is 9.84. The van der Waals surface area contributed by atoms with E-state index in [-0.39, 0.29) is 5.60 Å². The van der Waals surface area contributed by atoms with Crippen molar-refractivity contribution in [3.05, 3.63) is 22.3 Å². The van der Waals surface area contributed by atoms with Crippen LogP contribution in [0.1, 0.15) is 121 Å². The maximum absolute atomic E-state index is 10.4. The lowest BCUT2D eigenvalue weighted by Gasteiger charge is -2.39. The van der Waals surface area contributed by atoms with Crippen LogP contribution in [0.15, 0.2) is 0 Å². The molecule has 1 aromatic carbocycles. The zero-order valence-electron chi connectivity index (χ0n) is 28.0. The Bertz CT molecular complexity index is 938. The minimum Gasteiger partial charge on any atom is -0.507 e. The van der Waals surface area contributed by atoms with E-state index in [1.54, 1.807) is 0 Å². The average molecular weight is 611 g/mol. The third kappa shape index (κ3) is 10.3. The van der Waals surface area contributed by atoms with Gasteiger partial charge in [0.2, 0.25) is 0 Å². The minimum absolute atomic E-state index is 0.0712. The SMILES string of the molecule is Cc1c(C)c2c(c(C)c1O)CC[C@@](C)(CCC[C@H](C)CCC[C@H](C)CCCC(C)C)O2.O[C@H]1[C@H](O)[C@@H](O)[C@H](O)[C@@H](O)[C@H]1O. The van der Waals surface area contributed by atoms with E-state index in [4.69, 9.17) is 35.4 Å². The number of aliphatic hydroxyl groups is 6. The van der Waals surface area contributed by atoms with E-state index in [2.05, 4.69) is 41.5 Å². The van der Waals surface area contributed by atoms with Gasteiger partial charge in [0.25, 0.3) is 0 Å². The van der Waals surface area contributed by atoms with Gasteiger partial charge >= 0.3 is 0 Å². The highest BCUT2D eigenvalue weighted by atomic mass is 16.5. The first-order valence-corrected chi connectivity index (χ1v) is 16.6. The minimum atomic E-state index is -1.64. The molecule has 0 unspecified atom stereocenters. The van der Waals surface area contributed by atoms with Gasteiger partial charge in [0, 0.05) is 5.56 Å². The topological polar surface area (TPSA) is 151 Å². The van der Waals surface area contributed by atoms with Crippen molar-refractivity contribution in [2.75, 3.05) is 0 Å². The molecule has 2 aliphatic rings. The van der Waals surface area contributed by atoms with Gasteiger partial charge in [-0.3, -0.25) is 0 Å². The van der Waals surface area contributed by atoms with Crippen molar-refractivity contribution in [3.63, 3.8) is 0 Å². The molecule has 3 rings (SSSR count). The van der Waals surface area contributed by atoms with Crippen molar-refractivity contribution in [2.24, 2.45) is 17.8 Å². The van der Waals surface area contributed by atoms with Crippen LogP contribution in [-0.4, -0.2) is 78.0 Å². The van der Waals surface area contributed by atoms with Gasteiger partial charge in [-0.15, -0.1) is 0 Å². The van der Waals surface area contributed by atoms with Crippen LogP contribution in [0.4, 0.5) is 0 Å². The number of rotatable bonds is 12. The molecule has 0 amide bonds. The smallest absolute Gasteiger partial charge is 0.127 e.